The number of hydrogen-bond donors (Lipinski definition) is 3. The van der Waals surface area contributed by atoms with Crippen LogP contribution in [0.4, 0.5) is 32.8 Å². The zero-order chi connectivity index (χ0) is 24.2. The van der Waals surface area contributed by atoms with Crippen LogP contribution in [0, 0.1) is 12.7 Å². The number of nitrogens with one attached hydrogen (secondary N) is 3. The lowest BCUT2D eigenvalue weighted by Gasteiger charge is -2.13. The normalized spacial score (nSPS) is 10.7. The first kappa shape index (κ1) is 22.0. The Morgan fingerprint density at radius 1 is 0.771 bits per heavy atom. The highest BCUT2D eigenvalue weighted by Crippen LogP contribution is 2.27. The number of rotatable bonds is 6. The van der Waals surface area contributed by atoms with E-state index in [1.807, 2.05) is 43.3 Å². The molecule has 0 saturated heterocycles. The Hall–Kier alpha value is -4.78. The number of hydrogen-bond acceptors (Lipinski definition) is 5. The number of anilines is 5. The number of carbonyl (C=O) groups is 1. The van der Waals surface area contributed by atoms with Crippen molar-refractivity contribution in [2.45, 2.75) is 6.92 Å². The molecule has 0 aliphatic rings. The number of fused-ring (bicyclic) bond motifs is 1. The quantitative estimate of drug-likeness (QED) is 0.258. The van der Waals surface area contributed by atoms with Crippen molar-refractivity contribution < 1.29 is 9.18 Å². The number of carbonyl (C=O) groups excluding carboxylic acids is 1. The van der Waals surface area contributed by atoms with Crippen molar-refractivity contribution in [1.29, 1.82) is 0 Å². The van der Waals surface area contributed by atoms with Crippen molar-refractivity contribution in [2.75, 3.05) is 16.0 Å². The minimum atomic E-state index is -0.336. The fraction of sp³-hybridized carbons (Fsp3) is 0.0357. The van der Waals surface area contributed by atoms with E-state index in [1.54, 1.807) is 48.9 Å². The molecule has 0 fully saturated rings. The molecule has 0 spiro atoms. The SMILES string of the molecule is Cc1cc(NC(=O)c2cccc(Nc3ccnc4ccc(F)cc34)c2)cc(Nc2ccncc2)c1. The van der Waals surface area contributed by atoms with E-state index < -0.39 is 0 Å². The Morgan fingerprint density at radius 2 is 1.60 bits per heavy atom. The predicted molar refractivity (Wildman–Crippen MR) is 138 cm³/mol. The third-order valence-corrected chi connectivity index (χ3v) is 5.41. The summed E-state index contributed by atoms with van der Waals surface area (Å²) in [6, 6.07) is 22.9. The number of aromatic nitrogens is 2. The minimum absolute atomic E-state index is 0.236. The van der Waals surface area contributed by atoms with Gasteiger partial charge in [0.25, 0.3) is 5.91 Å². The molecule has 2 heterocycles. The zero-order valence-electron chi connectivity index (χ0n) is 18.9. The number of halogens is 1. The smallest absolute Gasteiger partial charge is 0.255 e. The van der Waals surface area contributed by atoms with Gasteiger partial charge in [0.05, 0.1) is 5.52 Å². The maximum atomic E-state index is 13.8. The van der Waals surface area contributed by atoms with Crippen LogP contribution in [0.15, 0.2) is 97.5 Å². The first-order valence-electron chi connectivity index (χ1n) is 11.0. The van der Waals surface area contributed by atoms with Gasteiger partial charge in [-0.15, -0.1) is 0 Å². The molecule has 0 unspecified atom stereocenters. The molecule has 1 amide bonds. The zero-order valence-corrected chi connectivity index (χ0v) is 18.9. The Morgan fingerprint density at radius 3 is 2.46 bits per heavy atom. The summed E-state index contributed by atoms with van der Waals surface area (Å²) in [6.07, 6.45) is 5.09. The summed E-state index contributed by atoms with van der Waals surface area (Å²) >= 11 is 0. The van der Waals surface area contributed by atoms with Crippen LogP contribution in [-0.4, -0.2) is 15.9 Å². The summed E-state index contributed by atoms with van der Waals surface area (Å²) in [7, 11) is 0. The van der Waals surface area contributed by atoms with Gasteiger partial charge in [0.1, 0.15) is 5.82 Å². The van der Waals surface area contributed by atoms with E-state index in [1.165, 1.54) is 12.1 Å². The molecule has 35 heavy (non-hydrogen) atoms. The maximum Gasteiger partial charge on any atom is 0.255 e. The van der Waals surface area contributed by atoms with E-state index >= 15 is 0 Å². The van der Waals surface area contributed by atoms with Gasteiger partial charge >= 0.3 is 0 Å². The Labute approximate surface area is 201 Å². The van der Waals surface area contributed by atoms with Gasteiger partial charge in [0.15, 0.2) is 0 Å². The second-order valence-corrected chi connectivity index (χ2v) is 8.13. The Kier molecular flexibility index (Phi) is 6.05. The second-order valence-electron chi connectivity index (χ2n) is 8.13. The average molecular weight is 464 g/mol. The summed E-state index contributed by atoms with van der Waals surface area (Å²) in [5.74, 6) is -0.572. The van der Waals surface area contributed by atoms with Crippen molar-refractivity contribution in [1.82, 2.24) is 9.97 Å². The van der Waals surface area contributed by atoms with E-state index in [9.17, 15) is 9.18 Å². The number of benzene rings is 3. The number of pyridine rings is 2. The Bertz CT molecular complexity index is 1520. The lowest BCUT2D eigenvalue weighted by atomic mass is 10.1. The molecule has 0 aliphatic heterocycles. The summed E-state index contributed by atoms with van der Waals surface area (Å²) in [5, 5.41) is 10.2. The number of aryl methyl sites for hydroxylation is 1. The Balaban J connectivity index is 1.35. The molecule has 0 saturated carbocycles. The molecule has 172 valence electrons. The van der Waals surface area contributed by atoms with Crippen LogP contribution in [0.3, 0.4) is 0 Å². The highest BCUT2D eigenvalue weighted by molar-refractivity contribution is 6.05. The molecule has 0 atom stereocenters. The first-order chi connectivity index (χ1) is 17.0. The highest BCUT2D eigenvalue weighted by Gasteiger charge is 2.10. The summed E-state index contributed by atoms with van der Waals surface area (Å²) in [6.45, 7) is 1.97. The summed E-state index contributed by atoms with van der Waals surface area (Å²) in [4.78, 5) is 21.3. The number of nitrogens with zero attached hydrogens (tertiary/aromatic N) is 2. The van der Waals surface area contributed by atoms with E-state index in [0.717, 1.165) is 16.9 Å². The molecular weight excluding hydrogens is 441 g/mol. The fourth-order valence-corrected chi connectivity index (χ4v) is 3.85. The van der Waals surface area contributed by atoms with Gasteiger partial charge in [-0.25, -0.2) is 4.39 Å². The van der Waals surface area contributed by atoms with Gasteiger partial charge in [-0.3, -0.25) is 14.8 Å². The minimum Gasteiger partial charge on any atom is -0.355 e. The van der Waals surface area contributed by atoms with Crippen molar-refractivity contribution >= 4 is 45.2 Å². The van der Waals surface area contributed by atoms with Crippen LogP contribution in [0.5, 0.6) is 0 Å². The molecule has 0 radical (unpaired) electrons. The first-order valence-corrected chi connectivity index (χ1v) is 11.0. The van der Waals surface area contributed by atoms with Crippen LogP contribution in [0.25, 0.3) is 10.9 Å². The van der Waals surface area contributed by atoms with Crippen LogP contribution < -0.4 is 16.0 Å². The van der Waals surface area contributed by atoms with Crippen LogP contribution >= 0.6 is 0 Å². The van der Waals surface area contributed by atoms with Crippen molar-refractivity contribution in [3.63, 3.8) is 0 Å². The van der Waals surface area contributed by atoms with Gasteiger partial charge in [-0.05, 0) is 85.3 Å². The van der Waals surface area contributed by atoms with Crippen molar-refractivity contribution in [3.8, 4) is 0 Å². The van der Waals surface area contributed by atoms with E-state index in [0.29, 0.717) is 33.5 Å². The largest absolute Gasteiger partial charge is 0.355 e. The van der Waals surface area contributed by atoms with Crippen LogP contribution in [0.2, 0.25) is 0 Å². The molecule has 7 heteroatoms. The maximum absolute atomic E-state index is 13.8. The molecule has 3 aromatic carbocycles. The lowest BCUT2D eigenvalue weighted by molar-refractivity contribution is 0.102. The third kappa shape index (κ3) is 5.25. The summed E-state index contributed by atoms with van der Waals surface area (Å²) in [5.41, 5.74) is 6.04. The molecular formula is C28H22FN5O. The fourth-order valence-electron chi connectivity index (χ4n) is 3.85. The van der Waals surface area contributed by atoms with Gasteiger partial charge < -0.3 is 16.0 Å². The van der Waals surface area contributed by atoms with Crippen molar-refractivity contribution in [2.24, 2.45) is 0 Å². The molecule has 6 nitrogen and oxygen atoms in total. The molecule has 0 aliphatic carbocycles. The monoisotopic (exact) mass is 463 g/mol. The van der Waals surface area contributed by atoms with E-state index in [4.69, 9.17) is 0 Å². The molecule has 2 aromatic heterocycles. The molecule has 5 rings (SSSR count). The van der Waals surface area contributed by atoms with Crippen molar-refractivity contribution in [3.05, 3.63) is 114 Å². The lowest BCUT2D eigenvalue weighted by Crippen LogP contribution is -2.12. The molecule has 3 N–H and O–H groups in total. The van der Waals surface area contributed by atoms with Crippen LogP contribution in [-0.2, 0) is 0 Å². The topological polar surface area (TPSA) is 78.9 Å². The molecule has 5 aromatic rings. The van der Waals surface area contributed by atoms with E-state index in [2.05, 4.69) is 25.9 Å². The second kappa shape index (κ2) is 9.61. The van der Waals surface area contributed by atoms with Gasteiger partial charge in [0, 0.05) is 58.0 Å². The van der Waals surface area contributed by atoms with Crippen LogP contribution in [0.1, 0.15) is 15.9 Å². The molecule has 0 bridgehead atoms. The van der Waals surface area contributed by atoms with Gasteiger partial charge in [0.2, 0.25) is 0 Å². The van der Waals surface area contributed by atoms with Gasteiger partial charge in [-0.2, -0.15) is 0 Å². The third-order valence-electron chi connectivity index (χ3n) is 5.41. The standard InChI is InChI=1S/C28H22FN5O/c1-18-13-23(32-21-7-10-30-11-8-21)17-24(14-18)34-28(35)19-3-2-4-22(15-19)33-27-9-12-31-26-6-5-20(29)16-25(26)27/h2-17H,1H3,(H,30,32)(H,31,33)(H,34,35). The highest BCUT2D eigenvalue weighted by atomic mass is 19.1. The van der Waals surface area contributed by atoms with Gasteiger partial charge in [-0.1, -0.05) is 6.07 Å². The summed E-state index contributed by atoms with van der Waals surface area (Å²) < 4.78 is 13.8. The number of amides is 1. The predicted octanol–water partition coefficient (Wildman–Crippen LogP) is 6.82. The average Bonchev–Trinajstić information content (AvgIpc) is 2.85. The van der Waals surface area contributed by atoms with E-state index in [-0.39, 0.29) is 11.7 Å².